The Bertz CT molecular complexity index is 842. The van der Waals surface area contributed by atoms with Crippen molar-refractivity contribution >= 4 is 28.2 Å². The fraction of sp³-hybridized carbons (Fsp3) is 0.188. The minimum atomic E-state index is -0.385. The van der Waals surface area contributed by atoms with Crippen LogP contribution in [0.5, 0.6) is 0 Å². The lowest BCUT2D eigenvalue weighted by atomic mass is 10.1. The minimum Gasteiger partial charge on any atom is -0.394 e. The molecule has 8 heteroatoms. The second-order valence-electron chi connectivity index (χ2n) is 5.14. The van der Waals surface area contributed by atoms with Gasteiger partial charge in [-0.1, -0.05) is 35.6 Å². The summed E-state index contributed by atoms with van der Waals surface area (Å²) in [4.78, 5) is 17.3. The first-order valence-corrected chi connectivity index (χ1v) is 8.20. The van der Waals surface area contributed by atoms with Gasteiger partial charge >= 0.3 is 6.03 Å². The van der Waals surface area contributed by atoms with E-state index in [4.69, 9.17) is 5.11 Å². The molecule has 0 unspecified atom stereocenters. The topological polar surface area (TPSA) is 92.1 Å². The molecule has 0 aliphatic carbocycles. The normalized spacial score (nSPS) is 10.6. The van der Waals surface area contributed by atoms with Gasteiger partial charge in [0, 0.05) is 12.4 Å². The van der Waals surface area contributed by atoms with Crippen molar-refractivity contribution in [3.8, 4) is 10.4 Å². The van der Waals surface area contributed by atoms with Crippen molar-refractivity contribution in [2.75, 3.05) is 17.2 Å². The first-order valence-electron chi connectivity index (χ1n) is 7.39. The predicted octanol–water partition coefficient (Wildman–Crippen LogP) is 2.95. The molecular formula is C16H17N5O2S. The number of nitrogens with zero attached hydrogens (tertiary/aromatic N) is 3. The van der Waals surface area contributed by atoms with Crippen molar-refractivity contribution in [2.24, 2.45) is 0 Å². The van der Waals surface area contributed by atoms with Crippen LogP contribution in [0.3, 0.4) is 0 Å². The van der Waals surface area contributed by atoms with Crippen LogP contribution in [0.2, 0.25) is 0 Å². The zero-order valence-electron chi connectivity index (χ0n) is 13.1. The molecule has 0 bridgehead atoms. The Morgan fingerprint density at radius 2 is 2.12 bits per heavy atom. The second kappa shape index (κ2) is 7.24. The van der Waals surface area contributed by atoms with Gasteiger partial charge in [0.2, 0.25) is 0 Å². The Labute approximate surface area is 143 Å². The lowest BCUT2D eigenvalue weighted by Crippen LogP contribution is -2.18. The van der Waals surface area contributed by atoms with E-state index < -0.39 is 0 Å². The number of aromatic nitrogens is 3. The number of carbonyl (C=O) groups excluding carboxylic acids is 1. The number of nitrogens with one attached hydrogen (secondary N) is 2. The number of rotatable bonds is 5. The van der Waals surface area contributed by atoms with Crippen LogP contribution in [0.1, 0.15) is 5.56 Å². The van der Waals surface area contributed by atoms with E-state index in [1.165, 1.54) is 17.5 Å². The molecule has 3 N–H and O–H groups in total. The Morgan fingerprint density at radius 1 is 1.29 bits per heavy atom. The van der Waals surface area contributed by atoms with E-state index in [-0.39, 0.29) is 12.6 Å². The maximum atomic E-state index is 12.0. The summed E-state index contributed by atoms with van der Waals surface area (Å²) in [6, 6.07) is 7.65. The van der Waals surface area contributed by atoms with E-state index in [0.717, 1.165) is 16.0 Å². The standard InChI is InChI=1S/C16H17N5O2S/c1-11-4-2-3-5-13(11)14-9-17-16(24-14)20-15(23)19-12-8-18-21(10-12)6-7-22/h2-5,8-10,22H,6-7H2,1H3,(H2,17,19,20,23). The van der Waals surface area contributed by atoms with Crippen LogP contribution in [0.25, 0.3) is 10.4 Å². The number of benzene rings is 1. The smallest absolute Gasteiger partial charge is 0.325 e. The minimum absolute atomic E-state index is 0.00584. The fourth-order valence-electron chi connectivity index (χ4n) is 2.22. The van der Waals surface area contributed by atoms with Gasteiger partial charge in [-0.05, 0) is 18.1 Å². The third-order valence-electron chi connectivity index (χ3n) is 3.36. The van der Waals surface area contributed by atoms with Gasteiger partial charge in [-0.15, -0.1) is 0 Å². The van der Waals surface area contributed by atoms with Crippen LogP contribution in [0, 0.1) is 6.92 Å². The number of anilines is 2. The molecule has 0 radical (unpaired) electrons. The summed E-state index contributed by atoms with van der Waals surface area (Å²) in [5.74, 6) is 0. The molecule has 2 heterocycles. The molecule has 2 amide bonds. The molecular weight excluding hydrogens is 326 g/mol. The van der Waals surface area contributed by atoms with E-state index in [0.29, 0.717) is 17.4 Å². The van der Waals surface area contributed by atoms with E-state index in [9.17, 15) is 4.79 Å². The molecule has 0 aliphatic rings. The Morgan fingerprint density at radius 3 is 2.92 bits per heavy atom. The summed E-state index contributed by atoms with van der Waals surface area (Å²) >= 11 is 1.42. The number of thiazole rings is 1. The quantitative estimate of drug-likeness (QED) is 0.664. The van der Waals surface area contributed by atoms with E-state index in [1.54, 1.807) is 17.1 Å². The van der Waals surface area contributed by atoms with Gasteiger partial charge in [-0.3, -0.25) is 10.00 Å². The van der Waals surface area contributed by atoms with Crippen LogP contribution < -0.4 is 10.6 Å². The van der Waals surface area contributed by atoms with Crippen molar-refractivity contribution in [3.63, 3.8) is 0 Å². The highest BCUT2D eigenvalue weighted by Crippen LogP contribution is 2.31. The zero-order valence-corrected chi connectivity index (χ0v) is 13.9. The average molecular weight is 343 g/mol. The number of hydrogen-bond acceptors (Lipinski definition) is 5. The Hall–Kier alpha value is -2.71. The van der Waals surface area contributed by atoms with E-state index in [1.807, 2.05) is 31.2 Å². The van der Waals surface area contributed by atoms with Gasteiger partial charge < -0.3 is 10.4 Å². The van der Waals surface area contributed by atoms with Crippen LogP contribution >= 0.6 is 11.3 Å². The number of carbonyl (C=O) groups is 1. The van der Waals surface area contributed by atoms with Crippen molar-refractivity contribution in [1.29, 1.82) is 0 Å². The molecule has 3 aromatic rings. The van der Waals surface area contributed by atoms with Crippen LogP contribution in [-0.2, 0) is 6.54 Å². The lowest BCUT2D eigenvalue weighted by Gasteiger charge is -2.03. The number of aryl methyl sites for hydroxylation is 1. The zero-order chi connectivity index (χ0) is 16.9. The van der Waals surface area contributed by atoms with Crippen LogP contribution in [0.4, 0.5) is 15.6 Å². The van der Waals surface area contributed by atoms with Crippen molar-refractivity contribution in [2.45, 2.75) is 13.5 Å². The molecule has 0 saturated carbocycles. The third kappa shape index (κ3) is 3.79. The van der Waals surface area contributed by atoms with Crippen molar-refractivity contribution in [3.05, 3.63) is 48.4 Å². The molecule has 7 nitrogen and oxygen atoms in total. The van der Waals surface area contributed by atoms with Gasteiger partial charge in [0.25, 0.3) is 0 Å². The third-order valence-corrected chi connectivity index (χ3v) is 4.30. The number of amides is 2. The maximum Gasteiger partial charge on any atom is 0.325 e. The van der Waals surface area contributed by atoms with Crippen LogP contribution in [0.15, 0.2) is 42.9 Å². The number of urea groups is 1. The highest BCUT2D eigenvalue weighted by Gasteiger charge is 2.10. The SMILES string of the molecule is Cc1ccccc1-c1cnc(NC(=O)Nc2cnn(CCO)c2)s1. The first-order chi connectivity index (χ1) is 11.7. The Balaban J connectivity index is 1.64. The molecule has 2 aromatic heterocycles. The Kier molecular flexibility index (Phi) is 4.88. The summed E-state index contributed by atoms with van der Waals surface area (Å²) in [5, 5.41) is 18.8. The number of hydrogen-bond donors (Lipinski definition) is 3. The summed E-state index contributed by atoms with van der Waals surface area (Å²) in [6.07, 6.45) is 4.92. The molecule has 1 aromatic carbocycles. The van der Waals surface area contributed by atoms with E-state index in [2.05, 4.69) is 20.7 Å². The summed E-state index contributed by atoms with van der Waals surface area (Å²) < 4.78 is 1.55. The van der Waals surface area contributed by atoms with Crippen LogP contribution in [-0.4, -0.2) is 32.5 Å². The molecule has 0 fully saturated rings. The molecule has 0 spiro atoms. The largest absolute Gasteiger partial charge is 0.394 e. The maximum absolute atomic E-state index is 12.0. The summed E-state index contributed by atoms with van der Waals surface area (Å²) in [6.45, 7) is 2.42. The molecule has 124 valence electrons. The molecule has 0 atom stereocenters. The number of aliphatic hydroxyl groups excluding tert-OH is 1. The van der Waals surface area contributed by atoms with Crippen molar-refractivity contribution < 1.29 is 9.90 Å². The van der Waals surface area contributed by atoms with Gasteiger partial charge in [0.05, 0.1) is 29.9 Å². The predicted molar refractivity (Wildman–Crippen MR) is 94.2 cm³/mol. The van der Waals surface area contributed by atoms with Gasteiger partial charge in [0.1, 0.15) is 0 Å². The summed E-state index contributed by atoms with van der Waals surface area (Å²) in [5.41, 5.74) is 2.82. The monoisotopic (exact) mass is 343 g/mol. The lowest BCUT2D eigenvalue weighted by molar-refractivity contribution is 0.262. The fourth-order valence-corrected chi connectivity index (χ4v) is 3.12. The molecule has 0 aliphatic heterocycles. The van der Waals surface area contributed by atoms with E-state index >= 15 is 0 Å². The van der Waals surface area contributed by atoms with Crippen molar-refractivity contribution in [1.82, 2.24) is 14.8 Å². The summed E-state index contributed by atoms with van der Waals surface area (Å²) in [7, 11) is 0. The number of aliphatic hydroxyl groups is 1. The molecule has 0 saturated heterocycles. The average Bonchev–Trinajstić information content (AvgIpc) is 3.18. The highest BCUT2D eigenvalue weighted by molar-refractivity contribution is 7.19. The second-order valence-corrected chi connectivity index (χ2v) is 6.17. The molecule has 3 rings (SSSR count). The first kappa shape index (κ1) is 16.2. The van der Waals surface area contributed by atoms with Gasteiger partial charge in [0.15, 0.2) is 5.13 Å². The van der Waals surface area contributed by atoms with Gasteiger partial charge in [-0.25, -0.2) is 9.78 Å². The molecule has 24 heavy (non-hydrogen) atoms. The highest BCUT2D eigenvalue weighted by atomic mass is 32.1. The van der Waals surface area contributed by atoms with Gasteiger partial charge in [-0.2, -0.15) is 5.10 Å².